The van der Waals surface area contributed by atoms with Gasteiger partial charge < -0.3 is 0 Å². The van der Waals surface area contributed by atoms with Crippen molar-refractivity contribution in [2.75, 3.05) is 0 Å². The van der Waals surface area contributed by atoms with E-state index < -0.39 is 0 Å². The van der Waals surface area contributed by atoms with Gasteiger partial charge in [0.1, 0.15) is 0 Å². The first kappa shape index (κ1) is 13.4. The van der Waals surface area contributed by atoms with Gasteiger partial charge in [0.25, 0.3) is 0 Å². The Bertz CT molecular complexity index is 278. The minimum absolute atomic E-state index is 0.295. The van der Waals surface area contributed by atoms with Crippen LogP contribution in [0.15, 0.2) is 0 Å². The largest absolute Gasteiger partial charge is 0.290 e. The fourth-order valence-corrected chi connectivity index (χ4v) is 5.23. The average molecular weight is 237 g/mol. The number of hydrogen-bond donors (Lipinski definition) is 0. The maximum absolute atomic E-state index is 2.80. The van der Waals surface area contributed by atoms with Gasteiger partial charge in [-0.2, -0.15) is 0 Å². The second-order valence-corrected chi connectivity index (χ2v) is 8.13. The van der Waals surface area contributed by atoms with Crippen LogP contribution in [0.5, 0.6) is 0 Å². The zero-order chi connectivity index (χ0) is 12.9. The molecule has 2 rings (SSSR count). The molecule has 1 spiro atoms. The van der Waals surface area contributed by atoms with Crippen molar-refractivity contribution in [3.8, 4) is 0 Å². The zero-order valence-corrected chi connectivity index (χ0v) is 12.8. The van der Waals surface area contributed by atoms with Gasteiger partial charge in [0.2, 0.25) is 0 Å². The Labute approximate surface area is 108 Å². The molecule has 1 heteroatoms. The summed E-state index contributed by atoms with van der Waals surface area (Å²) in [5, 5.41) is 0. The standard InChI is InChI=1S/C16H31N/c1-13-16(10-8-7-9-11-16)12-15(5,6)17(13)14(2,3)4/h13H,7-12H2,1-6H3. The van der Waals surface area contributed by atoms with E-state index in [1.807, 2.05) is 0 Å². The lowest BCUT2D eigenvalue weighted by molar-refractivity contribution is 0.0174. The molecule has 0 bridgehead atoms. The highest BCUT2D eigenvalue weighted by atomic mass is 15.3. The highest BCUT2D eigenvalue weighted by Crippen LogP contribution is 2.56. The van der Waals surface area contributed by atoms with Crippen LogP contribution >= 0.6 is 0 Å². The Hall–Kier alpha value is -0.0400. The summed E-state index contributed by atoms with van der Waals surface area (Å²) in [6.07, 6.45) is 8.70. The molecule has 1 aliphatic carbocycles. The fourth-order valence-electron chi connectivity index (χ4n) is 5.23. The van der Waals surface area contributed by atoms with Gasteiger partial charge in [-0.15, -0.1) is 0 Å². The molecular formula is C16H31N. The van der Waals surface area contributed by atoms with Crippen LogP contribution in [0.25, 0.3) is 0 Å². The van der Waals surface area contributed by atoms with Crippen molar-refractivity contribution < 1.29 is 0 Å². The molecule has 0 amide bonds. The topological polar surface area (TPSA) is 3.24 Å². The molecular weight excluding hydrogens is 206 g/mol. The molecule has 0 radical (unpaired) electrons. The first-order chi connectivity index (χ1) is 7.69. The van der Waals surface area contributed by atoms with Crippen LogP contribution in [0.2, 0.25) is 0 Å². The Morgan fingerprint density at radius 3 is 1.94 bits per heavy atom. The summed E-state index contributed by atoms with van der Waals surface area (Å²) in [4.78, 5) is 2.80. The van der Waals surface area contributed by atoms with Crippen molar-refractivity contribution in [2.45, 2.75) is 97.2 Å². The fraction of sp³-hybridized carbons (Fsp3) is 1.00. The Balaban J connectivity index is 2.31. The number of nitrogens with zero attached hydrogens (tertiary/aromatic N) is 1. The average Bonchev–Trinajstić information content (AvgIpc) is 2.33. The molecule has 0 N–H and O–H groups in total. The lowest BCUT2D eigenvalue weighted by Gasteiger charge is -2.46. The van der Waals surface area contributed by atoms with E-state index in [0.717, 1.165) is 6.04 Å². The van der Waals surface area contributed by atoms with E-state index in [-0.39, 0.29) is 0 Å². The lowest BCUT2D eigenvalue weighted by atomic mass is 9.68. The van der Waals surface area contributed by atoms with Crippen molar-refractivity contribution in [3.63, 3.8) is 0 Å². The van der Waals surface area contributed by atoms with Crippen LogP contribution < -0.4 is 0 Å². The molecule has 100 valence electrons. The molecule has 1 nitrogen and oxygen atoms in total. The van der Waals surface area contributed by atoms with Crippen LogP contribution in [0.3, 0.4) is 0 Å². The summed E-state index contributed by atoms with van der Waals surface area (Å²) in [6.45, 7) is 14.6. The smallest absolute Gasteiger partial charge is 0.0167 e. The van der Waals surface area contributed by atoms with Gasteiger partial charge in [-0.05, 0) is 66.2 Å². The monoisotopic (exact) mass is 237 g/mol. The SMILES string of the molecule is CC1N(C(C)(C)C)C(C)(C)CC12CCCCC2. The normalized spacial score (nSPS) is 33.2. The molecule has 1 aliphatic heterocycles. The quantitative estimate of drug-likeness (QED) is 0.595. The van der Waals surface area contributed by atoms with Crippen molar-refractivity contribution in [3.05, 3.63) is 0 Å². The highest BCUT2D eigenvalue weighted by molar-refractivity contribution is 5.10. The summed E-state index contributed by atoms with van der Waals surface area (Å²) in [5.41, 5.74) is 1.29. The van der Waals surface area contributed by atoms with Crippen LogP contribution in [0.1, 0.15) is 80.1 Å². The summed E-state index contributed by atoms with van der Waals surface area (Å²) < 4.78 is 0. The second-order valence-electron chi connectivity index (χ2n) is 8.13. The van der Waals surface area contributed by atoms with Gasteiger partial charge in [-0.25, -0.2) is 0 Å². The summed E-state index contributed by atoms with van der Waals surface area (Å²) in [6, 6.07) is 0.748. The van der Waals surface area contributed by atoms with Crippen LogP contribution in [-0.4, -0.2) is 22.0 Å². The van der Waals surface area contributed by atoms with Crippen LogP contribution in [-0.2, 0) is 0 Å². The Morgan fingerprint density at radius 1 is 1.00 bits per heavy atom. The maximum atomic E-state index is 2.80. The van der Waals surface area contributed by atoms with E-state index in [4.69, 9.17) is 0 Å². The van der Waals surface area contributed by atoms with Crippen molar-refractivity contribution >= 4 is 0 Å². The lowest BCUT2D eigenvalue weighted by Crippen LogP contribution is -2.54. The minimum atomic E-state index is 0.295. The molecule has 1 heterocycles. The third kappa shape index (κ3) is 2.16. The summed E-state index contributed by atoms with van der Waals surface area (Å²) in [7, 11) is 0. The van der Waals surface area contributed by atoms with Gasteiger partial charge in [-0.1, -0.05) is 19.3 Å². The summed E-state index contributed by atoms with van der Waals surface area (Å²) in [5.74, 6) is 0. The van der Waals surface area contributed by atoms with Crippen LogP contribution in [0.4, 0.5) is 0 Å². The minimum Gasteiger partial charge on any atom is -0.290 e. The Morgan fingerprint density at radius 2 is 1.53 bits per heavy atom. The predicted molar refractivity (Wildman–Crippen MR) is 75.3 cm³/mol. The molecule has 2 aliphatic rings. The van der Waals surface area contributed by atoms with Gasteiger partial charge >= 0.3 is 0 Å². The van der Waals surface area contributed by atoms with E-state index in [1.54, 1.807) is 0 Å². The van der Waals surface area contributed by atoms with Crippen LogP contribution in [0, 0.1) is 5.41 Å². The first-order valence-electron chi connectivity index (χ1n) is 7.49. The van der Waals surface area contributed by atoms with E-state index in [0.29, 0.717) is 16.5 Å². The molecule has 1 saturated carbocycles. The van der Waals surface area contributed by atoms with Gasteiger partial charge in [0.05, 0.1) is 0 Å². The maximum Gasteiger partial charge on any atom is 0.0167 e. The Kier molecular flexibility index (Phi) is 3.14. The molecule has 0 aromatic rings. The molecule has 1 unspecified atom stereocenters. The number of hydrogen-bond acceptors (Lipinski definition) is 1. The molecule has 0 aromatic carbocycles. The van der Waals surface area contributed by atoms with Gasteiger partial charge in [0.15, 0.2) is 0 Å². The molecule has 17 heavy (non-hydrogen) atoms. The highest BCUT2D eigenvalue weighted by Gasteiger charge is 2.56. The third-order valence-corrected chi connectivity index (χ3v) is 5.28. The second kappa shape index (κ2) is 3.98. The van der Waals surface area contributed by atoms with Gasteiger partial charge in [-0.3, -0.25) is 4.90 Å². The van der Waals surface area contributed by atoms with E-state index in [2.05, 4.69) is 46.4 Å². The zero-order valence-electron chi connectivity index (χ0n) is 12.8. The van der Waals surface area contributed by atoms with E-state index in [1.165, 1.54) is 38.5 Å². The van der Waals surface area contributed by atoms with E-state index >= 15 is 0 Å². The van der Waals surface area contributed by atoms with Crippen molar-refractivity contribution in [1.82, 2.24) is 4.90 Å². The molecule has 2 fully saturated rings. The molecule has 0 aromatic heterocycles. The number of likely N-dealkylation sites (tertiary alicyclic amines) is 1. The predicted octanol–water partition coefficient (Wildman–Crippen LogP) is 4.61. The summed E-state index contributed by atoms with van der Waals surface area (Å²) >= 11 is 0. The first-order valence-corrected chi connectivity index (χ1v) is 7.49. The molecule has 1 atom stereocenters. The third-order valence-electron chi connectivity index (χ3n) is 5.28. The molecule has 1 saturated heterocycles. The van der Waals surface area contributed by atoms with Gasteiger partial charge in [0, 0.05) is 17.1 Å². The van der Waals surface area contributed by atoms with E-state index in [9.17, 15) is 0 Å². The number of rotatable bonds is 0. The van der Waals surface area contributed by atoms with Crippen molar-refractivity contribution in [1.29, 1.82) is 0 Å². The van der Waals surface area contributed by atoms with Crippen molar-refractivity contribution in [2.24, 2.45) is 5.41 Å².